The molecular weight excluding hydrogens is 356 g/mol. The molecule has 0 radical (unpaired) electrons. The summed E-state index contributed by atoms with van der Waals surface area (Å²) < 4.78 is 35.4. The molecule has 2 aromatic carbocycles. The Bertz CT molecular complexity index is 877. The first-order valence-electron chi connectivity index (χ1n) is 8.02. The van der Waals surface area contributed by atoms with Gasteiger partial charge in [-0.15, -0.1) is 0 Å². The molecule has 2 aromatic rings. The van der Waals surface area contributed by atoms with Gasteiger partial charge in [0.1, 0.15) is 16.4 Å². The smallest absolute Gasteiger partial charge is 0.339 e. The van der Waals surface area contributed by atoms with Crippen LogP contribution in [-0.4, -0.2) is 20.9 Å². The summed E-state index contributed by atoms with van der Waals surface area (Å²) >= 11 is 0. The van der Waals surface area contributed by atoms with Crippen LogP contribution in [0.3, 0.4) is 0 Å². The molecule has 0 fully saturated rings. The van der Waals surface area contributed by atoms with Crippen LogP contribution >= 0.6 is 0 Å². The Morgan fingerprint density at radius 3 is 2.27 bits per heavy atom. The summed E-state index contributed by atoms with van der Waals surface area (Å²) in [7, 11) is -4.05. The van der Waals surface area contributed by atoms with Crippen LogP contribution in [0.15, 0.2) is 47.4 Å². The Balaban J connectivity index is 2.13. The maximum absolute atomic E-state index is 12.4. The van der Waals surface area contributed by atoms with Crippen LogP contribution in [-0.2, 0) is 14.9 Å². The molecule has 2 rings (SSSR count). The molecule has 140 valence electrons. The minimum atomic E-state index is -4.05. The van der Waals surface area contributed by atoms with Gasteiger partial charge in [-0.1, -0.05) is 13.8 Å². The highest BCUT2D eigenvalue weighted by molar-refractivity contribution is 7.87. The highest BCUT2D eigenvalue weighted by atomic mass is 32.2. The molecule has 7 nitrogen and oxygen atoms in total. The largest absolute Gasteiger partial charge is 0.493 e. The predicted molar refractivity (Wildman–Crippen MR) is 99.7 cm³/mol. The third-order valence-electron chi connectivity index (χ3n) is 3.24. The Labute approximate surface area is 153 Å². The molecule has 0 saturated carbocycles. The molecule has 0 aliphatic carbocycles. The molecule has 0 bridgehead atoms. The van der Waals surface area contributed by atoms with Crippen molar-refractivity contribution in [2.45, 2.75) is 25.7 Å². The molecule has 26 heavy (non-hydrogen) atoms. The number of carbonyl (C=O) groups is 1. The van der Waals surface area contributed by atoms with E-state index in [2.05, 4.69) is 5.32 Å². The van der Waals surface area contributed by atoms with Crippen LogP contribution in [0.25, 0.3) is 0 Å². The second-order valence-corrected chi connectivity index (χ2v) is 7.69. The monoisotopic (exact) mass is 378 g/mol. The van der Waals surface area contributed by atoms with Gasteiger partial charge in [-0.2, -0.15) is 8.42 Å². The van der Waals surface area contributed by atoms with E-state index in [1.54, 1.807) is 12.1 Å². The minimum Gasteiger partial charge on any atom is -0.493 e. The molecule has 0 aliphatic rings. The average molecular weight is 378 g/mol. The van der Waals surface area contributed by atoms with Crippen LogP contribution in [0, 0.1) is 5.92 Å². The average Bonchev–Trinajstić information content (AvgIpc) is 2.55. The number of nitrogen functional groups attached to an aromatic ring is 1. The fourth-order valence-electron chi connectivity index (χ4n) is 2.03. The van der Waals surface area contributed by atoms with E-state index in [9.17, 15) is 13.2 Å². The molecule has 8 heteroatoms. The number of carbonyl (C=O) groups excluding carboxylic acids is 1. The summed E-state index contributed by atoms with van der Waals surface area (Å²) in [5.74, 6) is 0.874. The number of amides is 1. The van der Waals surface area contributed by atoms with Crippen molar-refractivity contribution in [3.63, 3.8) is 0 Å². The Morgan fingerprint density at radius 1 is 1.12 bits per heavy atom. The second kappa shape index (κ2) is 8.09. The first kappa shape index (κ1) is 19.6. The lowest BCUT2D eigenvalue weighted by Gasteiger charge is -2.11. The molecule has 0 aromatic heterocycles. The molecule has 0 heterocycles. The Kier molecular flexibility index (Phi) is 6.10. The minimum absolute atomic E-state index is 0.107. The Morgan fingerprint density at radius 2 is 1.73 bits per heavy atom. The van der Waals surface area contributed by atoms with E-state index in [1.165, 1.54) is 37.3 Å². The predicted octanol–water partition coefficient (Wildman–Crippen LogP) is 3.03. The van der Waals surface area contributed by atoms with Gasteiger partial charge >= 0.3 is 10.1 Å². The van der Waals surface area contributed by atoms with Crippen LogP contribution in [0.1, 0.15) is 20.8 Å². The normalized spacial score (nSPS) is 11.2. The summed E-state index contributed by atoms with van der Waals surface area (Å²) in [5.41, 5.74) is 6.25. The highest BCUT2D eigenvalue weighted by Gasteiger charge is 2.18. The zero-order valence-corrected chi connectivity index (χ0v) is 15.7. The molecule has 1 amide bonds. The van der Waals surface area contributed by atoms with Gasteiger partial charge in [0.15, 0.2) is 0 Å². The molecule has 0 atom stereocenters. The fraction of sp³-hybridized carbons (Fsp3) is 0.278. The van der Waals surface area contributed by atoms with Gasteiger partial charge in [0, 0.05) is 6.92 Å². The zero-order chi connectivity index (χ0) is 19.3. The lowest BCUT2D eigenvalue weighted by molar-refractivity contribution is -0.114. The summed E-state index contributed by atoms with van der Waals surface area (Å²) in [6.45, 7) is 5.97. The number of hydrogen-bond donors (Lipinski definition) is 2. The number of nitrogens with two attached hydrogens (primary N) is 1. The van der Waals surface area contributed by atoms with Gasteiger partial charge in [0.05, 0.1) is 18.0 Å². The Hall–Kier alpha value is -2.74. The molecular formula is C18H22N2O5S. The van der Waals surface area contributed by atoms with E-state index in [0.29, 0.717) is 24.0 Å². The molecule has 0 unspecified atom stereocenters. The van der Waals surface area contributed by atoms with Crippen molar-refractivity contribution < 1.29 is 22.1 Å². The van der Waals surface area contributed by atoms with Crippen molar-refractivity contribution in [1.82, 2.24) is 0 Å². The van der Waals surface area contributed by atoms with Crippen molar-refractivity contribution in [3.8, 4) is 11.5 Å². The SMILES string of the molecule is CC(=O)Nc1ccc(S(=O)(=O)Oc2ccc(OCC(C)C)cc2)cc1N. The first-order chi connectivity index (χ1) is 12.2. The number of hydrogen-bond acceptors (Lipinski definition) is 6. The van der Waals surface area contributed by atoms with E-state index in [-0.39, 0.29) is 22.2 Å². The van der Waals surface area contributed by atoms with Crippen molar-refractivity contribution in [1.29, 1.82) is 0 Å². The summed E-state index contributed by atoms with van der Waals surface area (Å²) in [6, 6.07) is 10.3. The zero-order valence-electron chi connectivity index (χ0n) is 14.9. The van der Waals surface area contributed by atoms with Crippen LogP contribution in [0.2, 0.25) is 0 Å². The molecule has 0 saturated heterocycles. The van der Waals surface area contributed by atoms with E-state index in [4.69, 9.17) is 14.7 Å². The number of anilines is 2. The van der Waals surface area contributed by atoms with Gasteiger partial charge in [-0.3, -0.25) is 4.79 Å². The third kappa shape index (κ3) is 5.38. The number of nitrogens with one attached hydrogen (secondary N) is 1. The quantitative estimate of drug-likeness (QED) is 0.566. The van der Waals surface area contributed by atoms with Gasteiger partial charge in [-0.25, -0.2) is 0 Å². The van der Waals surface area contributed by atoms with Crippen molar-refractivity contribution >= 4 is 27.4 Å². The molecule has 0 spiro atoms. The topological polar surface area (TPSA) is 108 Å². The lowest BCUT2D eigenvalue weighted by atomic mass is 10.2. The molecule has 0 aliphatic heterocycles. The number of rotatable bonds is 7. The fourth-order valence-corrected chi connectivity index (χ4v) is 3.00. The first-order valence-corrected chi connectivity index (χ1v) is 9.42. The maximum atomic E-state index is 12.4. The van der Waals surface area contributed by atoms with E-state index in [1.807, 2.05) is 13.8 Å². The van der Waals surface area contributed by atoms with Gasteiger partial charge in [0.2, 0.25) is 5.91 Å². The van der Waals surface area contributed by atoms with Crippen molar-refractivity contribution in [2.75, 3.05) is 17.7 Å². The summed E-state index contributed by atoms with van der Waals surface area (Å²) in [5, 5.41) is 2.51. The van der Waals surface area contributed by atoms with Crippen molar-refractivity contribution in [3.05, 3.63) is 42.5 Å². The molecule has 3 N–H and O–H groups in total. The van der Waals surface area contributed by atoms with Gasteiger partial charge in [-0.05, 0) is 48.4 Å². The third-order valence-corrected chi connectivity index (χ3v) is 4.48. The highest BCUT2D eigenvalue weighted by Crippen LogP contribution is 2.26. The van der Waals surface area contributed by atoms with E-state index in [0.717, 1.165) is 0 Å². The number of benzene rings is 2. The lowest BCUT2D eigenvalue weighted by Crippen LogP contribution is -2.12. The summed E-state index contributed by atoms with van der Waals surface area (Å²) in [6.07, 6.45) is 0. The maximum Gasteiger partial charge on any atom is 0.339 e. The van der Waals surface area contributed by atoms with Crippen molar-refractivity contribution in [2.24, 2.45) is 5.92 Å². The standard InChI is InChI=1S/C18H22N2O5S/c1-12(2)11-24-14-4-6-15(7-5-14)25-26(22,23)16-8-9-18(17(19)10-16)20-13(3)21/h4-10,12H,11,19H2,1-3H3,(H,20,21). The summed E-state index contributed by atoms with van der Waals surface area (Å²) in [4.78, 5) is 11.0. The van der Waals surface area contributed by atoms with Crippen LogP contribution in [0.4, 0.5) is 11.4 Å². The second-order valence-electron chi connectivity index (χ2n) is 6.14. The van der Waals surface area contributed by atoms with Gasteiger partial charge in [0.25, 0.3) is 0 Å². The van der Waals surface area contributed by atoms with Gasteiger partial charge < -0.3 is 20.0 Å². The van der Waals surface area contributed by atoms with Crippen LogP contribution in [0.5, 0.6) is 11.5 Å². The van der Waals surface area contributed by atoms with Crippen LogP contribution < -0.4 is 20.0 Å². The van der Waals surface area contributed by atoms with E-state index < -0.39 is 10.1 Å². The van der Waals surface area contributed by atoms with E-state index >= 15 is 0 Å². The number of ether oxygens (including phenoxy) is 1.